The monoisotopic (exact) mass is 265 g/mol. The molecular formula is C16H15N3O. The maximum atomic E-state index is 11.1. The van der Waals surface area contributed by atoms with Gasteiger partial charge in [0, 0.05) is 11.6 Å². The molecule has 0 amide bonds. The predicted molar refractivity (Wildman–Crippen MR) is 80.2 cm³/mol. The Bertz CT molecular complexity index is 865. The molecular weight excluding hydrogens is 250 g/mol. The standard InChI is InChI=1S/C16H15N3O/c17-6-5-13-9-19(10-20)16(18)15-8-12-4-2-1-3-11(12)7-14(13)15/h1-4,7-10,18H,5-6,17H2. The highest BCUT2D eigenvalue weighted by Gasteiger charge is 2.07. The maximum Gasteiger partial charge on any atom is 0.219 e. The van der Waals surface area contributed by atoms with Crippen molar-refractivity contribution in [2.45, 2.75) is 6.42 Å². The van der Waals surface area contributed by atoms with E-state index < -0.39 is 0 Å². The summed E-state index contributed by atoms with van der Waals surface area (Å²) in [5, 5.41) is 12.1. The smallest absolute Gasteiger partial charge is 0.219 e. The molecule has 3 rings (SSSR count). The van der Waals surface area contributed by atoms with Crippen LogP contribution in [0.1, 0.15) is 5.56 Å². The van der Waals surface area contributed by atoms with Crippen molar-refractivity contribution in [1.82, 2.24) is 4.57 Å². The number of pyridine rings is 1. The Hall–Kier alpha value is -2.46. The molecule has 20 heavy (non-hydrogen) atoms. The number of fused-ring (bicyclic) bond motifs is 2. The minimum atomic E-state index is 0.210. The quantitative estimate of drug-likeness (QED) is 0.560. The van der Waals surface area contributed by atoms with Crippen molar-refractivity contribution < 1.29 is 4.79 Å². The van der Waals surface area contributed by atoms with Gasteiger partial charge in [0.1, 0.15) is 5.49 Å². The number of carbonyl (C=O) groups is 1. The number of hydrogen-bond acceptors (Lipinski definition) is 3. The molecule has 4 nitrogen and oxygen atoms in total. The molecule has 0 radical (unpaired) electrons. The van der Waals surface area contributed by atoms with Crippen molar-refractivity contribution >= 4 is 28.0 Å². The number of carbonyl (C=O) groups excluding carboxylic acids is 1. The first-order valence-electron chi connectivity index (χ1n) is 6.51. The van der Waals surface area contributed by atoms with Crippen LogP contribution in [0, 0.1) is 5.41 Å². The zero-order chi connectivity index (χ0) is 14.1. The van der Waals surface area contributed by atoms with Gasteiger partial charge in [0.05, 0.1) is 0 Å². The highest BCUT2D eigenvalue weighted by atomic mass is 16.1. The van der Waals surface area contributed by atoms with Gasteiger partial charge < -0.3 is 5.73 Å². The molecule has 0 aliphatic carbocycles. The summed E-state index contributed by atoms with van der Waals surface area (Å²) in [7, 11) is 0. The highest BCUT2D eigenvalue weighted by Crippen LogP contribution is 2.23. The first-order valence-corrected chi connectivity index (χ1v) is 6.51. The molecule has 4 heteroatoms. The lowest BCUT2D eigenvalue weighted by Crippen LogP contribution is -2.21. The number of benzene rings is 2. The largest absolute Gasteiger partial charge is 0.330 e. The predicted octanol–water partition coefficient (Wildman–Crippen LogP) is 1.81. The highest BCUT2D eigenvalue weighted by molar-refractivity contribution is 5.99. The molecule has 0 aliphatic heterocycles. The van der Waals surface area contributed by atoms with E-state index in [-0.39, 0.29) is 5.49 Å². The summed E-state index contributed by atoms with van der Waals surface area (Å²) in [4.78, 5) is 11.1. The number of nitrogens with two attached hydrogens (primary N) is 1. The van der Waals surface area contributed by atoms with Gasteiger partial charge in [-0.1, -0.05) is 24.3 Å². The van der Waals surface area contributed by atoms with Crippen LogP contribution in [0.25, 0.3) is 21.5 Å². The van der Waals surface area contributed by atoms with Gasteiger partial charge in [-0.2, -0.15) is 0 Å². The fraction of sp³-hybridized carbons (Fsp3) is 0.125. The molecule has 0 saturated carbocycles. The van der Waals surface area contributed by atoms with E-state index in [0.29, 0.717) is 19.4 Å². The van der Waals surface area contributed by atoms with Gasteiger partial charge in [0.2, 0.25) is 6.41 Å². The lowest BCUT2D eigenvalue weighted by molar-refractivity contribution is 0.544. The van der Waals surface area contributed by atoms with E-state index in [4.69, 9.17) is 11.1 Å². The molecule has 0 bridgehead atoms. The Morgan fingerprint density at radius 1 is 1.15 bits per heavy atom. The van der Waals surface area contributed by atoms with E-state index in [1.807, 2.05) is 30.3 Å². The summed E-state index contributed by atoms with van der Waals surface area (Å²) in [5.74, 6) is 0. The summed E-state index contributed by atoms with van der Waals surface area (Å²) in [6.07, 6.45) is 3.05. The van der Waals surface area contributed by atoms with Crippen molar-refractivity contribution in [3.63, 3.8) is 0 Å². The van der Waals surface area contributed by atoms with E-state index in [9.17, 15) is 4.79 Å². The second kappa shape index (κ2) is 4.90. The summed E-state index contributed by atoms with van der Waals surface area (Å²) in [6, 6.07) is 12.1. The number of nitrogens with zero attached hydrogens (tertiary/aromatic N) is 1. The molecule has 2 aromatic carbocycles. The molecule has 100 valence electrons. The first-order chi connectivity index (χ1) is 9.74. The zero-order valence-electron chi connectivity index (χ0n) is 11.0. The van der Waals surface area contributed by atoms with E-state index in [2.05, 4.69) is 6.07 Å². The van der Waals surface area contributed by atoms with Crippen LogP contribution in [-0.2, 0) is 11.2 Å². The Labute approximate surface area is 116 Å². The molecule has 0 fully saturated rings. The topological polar surface area (TPSA) is 71.9 Å². The zero-order valence-corrected chi connectivity index (χ0v) is 11.0. The molecule has 0 spiro atoms. The van der Waals surface area contributed by atoms with Gasteiger partial charge in [0.25, 0.3) is 0 Å². The van der Waals surface area contributed by atoms with Crippen molar-refractivity contribution in [2.24, 2.45) is 5.73 Å². The summed E-state index contributed by atoms with van der Waals surface area (Å²) >= 11 is 0. The Morgan fingerprint density at radius 3 is 2.40 bits per heavy atom. The molecule has 0 aliphatic rings. The molecule has 1 heterocycles. The van der Waals surface area contributed by atoms with Crippen molar-refractivity contribution in [3.05, 3.63) is 53.6 Å². The lowest BCUT2D eigenvalue weighted by atomic mass is 10.00. The van der Waals surface area contributed by atoms with Gasteiger partial charge in [0.15, 0.2) is 0 Å². The van der Waals surface area contributed by atoms with Gasteiger partial charge >= 0.3 is 0 Å². The summed E-state index contributed by atoms with van der Waals surface area (Å²) < 4.78 is 1.31. The lowest BCUT2D eigenvalue weighted by Gasteiger charge is -2.10. The molecule has 0 unspecified atom stereocenters. The van der Waals surface area contributed by atoms with Crippen LogP contribution in [0.4, 0.5) is 0 Å². The molecule has 0 saturated heterocycles. The van der Waals surface area contributed by atoms with Crippen LogP contribution < -0.4 is 11.2 Å². The van der Waals surface area contributed by atoms with Crippen molar-refractivity contribution in [3.8, 4) is 0 Å². The van der Waals surface area contributed by atoms with Crippen LogP contribution in [0.3, 0.4) is 0 Å². The number of rotatable bonds is 3. The fourth-order valence-electron chi connectivity index (χ4n) is 2.58. The minimum absolute atomic E-state index is 0.210. The second-order valence-electron chi connectivity index (χ2n) is 4.80. The summed E-state index contributed by atoms with van der Waals surface area (Å²) in [5.41, 5.74) is 6.86. The number of hydrogen-bond donors (Lipinski definition) is 2. The normalized spacial score (nSPS) is 11.1. The third kappa shape index (κ3) is 1.90. The van der Waals surface area contributed by atoms with Crippen LogP contribution in [0.5, 0.6) is 0 Å². The van der Waals surface area contributed by atoms with Gasteiger partial charge in [-0.25, -0.2) is 0 Å². The van der Waals surface area contributed by atoms with Gasteiger partial charge in [-0.05, 0) is 46.8 Å². The minimum Gasteiger partial charge on any atom is -0.330 e. The van der Waals surface area contributed by atoms with Gasteiger partial charge in [-0.3, -0.25) is 14.8 Å². The molecule has 0 atom stereocenters. The molecule has 1 aromatic heterocycles. The molecule has 3 N–H and O–H groups in total. The summed E-state index contributed by atoms with van der Waals surface area (Å²) in [6.45, 7) is 0.512. The van der Waals surface area contributed by atoms with Crippen molar-refractivity contribution in [1.29, 1.82) is 5.41 Å². The third-order valence-electron chi connectivity index (χ3n) is 3.57. The van der Waals surface area contributed by atoms with Gasteiger partial charge in [-0.15, -0.1) is 0 Å². The number of aromatic nitrogens is 1. The average molecular weight is 265 g/mol. The fourth-order valence-corrected chi connectivity index (χ4v) is 2.58. The SMILES string of the molecule is N=c1c2cc3ccccc3cc2c(CCN)cn1C=O. The van der Waals surface area contributed by atoms with Crippen LogP contribution in [0.15, 0.2) is 42.6 Å². The Morgan fingerprint density at radius 2 is 1.80 bits per heavy atom. The molecule has 3 aromatic rings. The van der Waals surface area contributed by atoms with E-state index in [0.717, 1.165) is 27.1 Å². The average Bonchev–Trinajstić information content (AvgIpc) is 2.49. The van der Waals surface area contributed by atoms with Crippen LogP contribution >= 0.6 is 0 Å². The Balaban J connectivity index is 2.48. The number of nitrogens with one attached hydrogen (secondary N) is 1. The second-order valence-corrected chi connectivity index (χ2v) is 4.80. The van der Waals surface area contributed by atoms with E-state index in [1.54, 1.807) is 6.20 Å². The van der Waals surface area contributed by atoms with Crippen LogP contribution in [-0.4, -0.2) is 17.5 Å². The van der Waals surface area contributed by atoms with Crippen LogP contribution in [0.2, 0.25) is 0 Å². The Kier molecular flexibility index (Phi) is 3.08. The third-order valence-corrected chi connectivity index (χ3v) is 3.57. The van der Waals surface area contributed by atoms with E-state index >= 15 is 0 Å². The maximum absolute atomic E-state index is 11.1. The van der Waals surface area contributed by atoms with Crippen molar-refractivity contribution in [2.75, 3.05) is 6.54 Å². The van der Waals surface area contributed by atoms with E-state index in [1.165, 1.54) is 4.57 Å². The first kappa shape index (κ1) is 12.6.